The van der Waals surface area contributed by atoms with Crippen molar-refractivity contribution in [2.24, 2.45) is 0 Å². The Bertz CT molecular complexity index is 880. The number of fused-ring (bicyclic) bond motifs is 1. The average molecular weight is 368 g/mol. The normalized spacial score (nSPS) is 10.7. The van der Waals surface area contributed by atoms with Crippen molar-refractivity contribution in [2.75, 3.05) is 16.3 Å². The van der Waals surface area contributed by atoms with Gasteiger partial charge in [-0.2, -0.15) is 0 Å². The molecule has 5 heteroatoms. The van der Waals surface area contributed by atoms with Gasteiger partial charge in [-0.05, 0) is 42.8 Å². The Morgan fingerprint density at radius 2 is 1.88 bits per heavy atom. The number of halogens is 1. The van der Waals surface area contributed by atoms with Crippen LogP contribution in [0.5, 0.6) is 0 Å². The molecule has 1 aromatic heterocycles. The van der Waals surface area contributed by atoms with Gasteiger partial charge in [0.05, 0.1) is 17.4 Å². The first kappa shape index (κ1) is 18.2. The number of para-hydroxylation sites is 1. The number of anilines is 2. The fraction of sp³-hybridized carbons (Fsp3) is 0.238. The van der Waals surface area contributed by atoms with E-state index in [0.717, 1.165) is 34.0 Å². The van der Waals surface area contributed by atoms with Gasteiger partial charge in [0, 0.05) is 35.0 Å². The summed E-state index contributed by atoms with van der Waals surface area (Å²) in [6.07, 6.45) is 5.16. The maximum Gasteiger partial charge on any atom is 0.272 e. The van der Waals surface area contributed by atoms with Crippen molar-refractivity contribution < 1.29 is 4.79 Å². The molecule has 1 N–H and O–H groups in total. The number of nitrogens with one attached hydrogen (secondary N) is 1. The summed E-state index contributed by atoms with van der Waals surface area (Å²) in [6, 6.07) is 17.0. The van der Waals surface area contributed by atoms with Gasteiger partial charge in [0.15, 0.2) is 0 Å². The molecule has 3 rings (SSSR count). The van der Waals surface area contributed by atoms with Crippen LogP contribution in [-0.4, -0.2) is 17.4 Å². The standard InChI is InChI=1S/C21H22ClN3O/c1-2-3-6-13-23-18-11-9-16(10-12-18)21(26)25(22)19-14-17-7-4-5-8-20(17)24-15-19/h4-5,7-12,14-15,23H,2-3,6,13H2,1H3. The maximum absolute atomic E-state index is 12.6. The van der Waals surface area contributed by atoms with Crippen molar-refractivity contribution in [3.05, 3.63) is 66.4 Å². The lowest BCUT2D eigenvalue weighted by Gasteiger charge is -2.15. The minimum Gasteiger partial charge on any atom is -0.385 e. The van der Waals surface area contributed by atoms with Crippen LogP contribution in [0.2, 0.25) is 0 Å². The summed E-state index contributed by atoms with van der Waals surface area (Å²) in [5, 5.41) is 4.30. The number of rotatable bonds is 7. The number of amides is 1. The molecule has 0 aliphatic heterocycles. The van der Waals surface area contributed by atoms with Crippen molar-refractivity contribution in [1.82, 2.24) is 4.98 Å². The van der Waals surface area contributed by atoms with Gasteiger partial charge < -0.3 is 5.32 Å². The molecule has 4 nitrogen and oxygen atoms in total. The summed E-state index contributed by atoms with van der Waals surface area (Å²) >= 11 is 6.28. The third-order valence-electron chi connectivity index (χ3n) is 4.22. The van der Waals surface area contributed by atoms with E-state index in [4.69, 9.17) is 11.8 Å². The Morgan fingerprint density at radius 1 is 1.12 bits per heavy atom. The lowest BCUT2D eigenvalue weighted by Crippen LogP contribution is -2.20. The fourth-order valence-electron chi connectivity index (χ4n) is 2.74. The predicted octanol–water partition coefficient (Wildman–Crippen LogP) is 5.64. The number of nitrogens with zero attached hydrogens (tertiary/aromatic N) is 2. The van der Waals surface area contributed by atoms with E-state index in [0.29, 0.717) is 11.3 Å². The van der Waals surface area contributed by atoms with E-state index in [1.165, 1.54) is 12.8 Å². The van der Waals surface area contributed by atoms with Crippen LogP contribution in [0.3, 0.4) is 0 Å². The summed E-state index contributed by atoms with van der Waals surface area (Å²) in [5.41, 5.74) is 2.96. The second kappa shape index (κ2) is 8.68. The van der Waals surface area contributed by atoms with Gasteiger partial charge in [-0.1, -0.05) is 38.0 Å². The summed E-state index contributed by atoms with van der Waals surface area (Å²) < 4.78 is 1.11. The quantitative estimate of drug-likeness (QED) is 0.434. The number of hydrogen-bond donors (Lipinski definition) is 1. The van der Waals surface area contributed by atoms with E-state index in [1.807, 2.05) is 42.5 Å². The van der Waals surface area contributed by atoms with Crippen molar-refractivity contribution in [2.45, 2.75) is 26.2 Å². The minimum absolute atomic E-state index is 0.277. The first-order chi connectivity index (χ1) is 12.7. The van der Waals surface area contributed by atoms with E-state index in [1.54, 1.807) is 18.3 Å². The van der Waals surface area contributed by atoms with Crippen LogP contribution < -0.4 is 9.74 Å². The largest absolute Gasteiger partial charge is 0.385 e. The zero-order valence-corrected chi connectivity index (χ0v) is 15.5. The molecule has 0 aliphatic carbocycles. The molecule has 1 amide bonds. The van der Waals surface area contributed by atoms with E-state index in [2.05, 4.69) is 17.2 Å². The first-order valence-corrected chi connectivity index (χ1v) is 9.22. The highest BCUT2D eigenvalue weighted by molar-refractivity contribution is 6.39. The third kappa shape index (κ3) is 4.33. The van der Waals surface area contributed by atoms with Crippen molar-refractivity contribution >= 4 is 40.0 Å². The molecule has 1 heterocycles. The topological polar surface area (TPSA) is 45.2 Å². The molecule has 0 atom stereocenters. The molecule has 0 unspecified atom stereocenters. The van der Waals surface area contributed by atoms with Gasteiger partial charge in [-0.3, -0.25) is 9.78 Å². The molecular formula is C21H22ClN3O. The van der Waals surface area contributed by atoms with Crippen LogP contribution >= 0.6 is 11.8 Å². The predicted molar refractivity (Wildman–Crippen MR) is 109 cm³/mol. The monoisotopic (exact) mass is 367 g/mol. The highest BCUT2D eigenvalue weighted by Crippen LogP contribution is 2.23. The van der Waals surface area contributed by atoms with Crippen LogP contribution in [0.4, 0.5) is 11.4 Å². The second-order valence-electron chi connectivity index (χ2n) is 6.18. The van der Waals surface area contributed by atoms with E-state index in [-0.39, 0.29) is 5.91 Å². The zero-order chi connectivity index (χ0) is 18.4. The number of pyridine rings is 1. The summed E-state index contributed by atoms with van der Waals surface area (Å²) in [4.78, 5) is 17.0. The number of carbonyl (C=O) groups excluding carboxylic acids is 1. The van der Waals surface area contributed by atoms with E-state index >= 15 is 0 Å². The van der Waals surface area contributed by atoms with Gasteiger partial charge in [0.1, 0.15) is 0 Å². The highest BCUT2D eigenvalue weighted by Gasteiger charge is 2.16. The molecule has 0 spiro atoms. The molecular weight excluding hydrogens is 346 g/mol. The molecule has 26 heavy (non-hydrogen) atoms. The smallest absolute Gasteiger partial charge is 0.272 e. The molecule has 0 bridgehead atoms. The van der Waals surface area contributed by atoms with Gasteiger partial charge in [0.2, 0.25) is 0 Å². The number of benzene rings is 2. The minimum atomic E-state index is -0.277. The van der Waals surface area contributed by atoms with Gasteiger partial charge in [-0.15, -0.1) is 0 Å². The Balaban J connectivity index is 1.69. The zero-order valence-electron chi connectivity index (χ0n) is 14.8. The second-order valence-corrected chi connectivity index (χ2v) is 6.52. The summed E-state index contributed by atoms with van der Waals surface area (Å²) in [5.74, 6) is -0.277. The number of aromatic nitrogens is 1. The first-order valence-electron chi connectivity index (χ1n) is 8.88. The number of hydrogen-bond acceptors (Lipinski definition) is 3. The Hall–Kier alpha value is -2.59. The molecule has 3 aromatic rings. The number of carbonyl (C=O) groups is 1. The molecule has 0 radical (unpaired) electrons. The van der Waals surface area contributed by atoms with Gasteiger partial charge in [0.25, 0.3) is 5.91 Å². The van der Waals surface area contributed by atoms with Crippen molar-refractivity contribution in [3.8, 4) is 0 Å². The van der Waals surface area contributed by atoms with Crippen LogP contribution in [0, 0.1) is 0 Å². The van der Waals surface area contributed by atoms with Crippen LogP contribution in [0.1, 0.15) is 36.5 Å². The van der Waals surface area contributed by atoms with Crippen LogP contribution in [0.25, 0.3) is 10.9 Å². The molecule has 0 saturated heterocycles. The van der Waals surface area contributed by atoms with Crippen molar-refractivity contribution in [1.29, 1.82) is 0 Å². The van der Waals surface area contributed by atoms with Gasteiger partial charge >= 0.3 is 0 Å². The third-order valence-corrected chi connectivity index (χ3v) is 4.57. The van der Waals surface area contributed by atoms with Crippen LogP contribution in [0.15, 0.2) is 60.8 Å². The highest BCUT2D eigenvalue weighted by atomic mass is 35.5. The molecule has 0 fully saturated rings. The SMILES string of the molecule is CCCCCNc1ccc(C(=O)N(Cl)c2cnc3ccccc3c2)cc1. The van der Waals surface area contributed by atoms with E-state index in [9.17, 15) is 4.79 Å². The van der Waals surface area contributed by atoms with E-state index < -0.39 is 0 Å². The average Bonchev–Trinajstić information content (AvgIpc) is 2.70. The summed E-state index contributed by atoms with van der Waals surface area (Å²) in [6.45, 7) is 3.12. The molecule has 0 aliphatic rings. The molecule has 134 valence electrons. The Kier molecular flexibility index (Phi) is 6.08. The molecule has 0 saturated carbocycles. The molecule has 2 aromatic carbocycles. The van der Waals surface area contributed by atoms with Crippen molar-refractivity contribution in [3.63, 3.8) is 0 Å². The fourth-order valence-corrected chi connectivity index (χ4v) is 2.93. The Labute approximate surface area is 158 Å². The lowest BCUT2D eigenvalue weighted by atomic mass is 10.1. The number of unbranched alkanes of at least 4 members (excludes halogenated alkanes) is 2. The maximum atomic E-state index is 12.6. The Morgan fingerprint density at radius 3 is 2.65 bits per heavy atom. The van der Waals surface area contributed by atoms with Crippen LogP contribution in [-0.2, 0) is 0 Å². The summed E-state index contributed by atoms with van der Waals surface area (Å²) in [7, 11) is 0. The lowest BCUT2D eigenvalue weighted by molar-refractivity contribution is 0.101. The van der Waals surface area contributed by atoms with Gasteiger partial charge in [-0.25, -0.2) is 4.42 Å².